The van der Waals surface area contributed by atoms with Crippen molar-refractivity contribution in [3.8, 4) is 0 Å². The Morgan fingerprint density at radius 2 is 1.75 bits per heavy atom. The molecule has 28 heavy (non-hydrogen) atoms. The summed E-state index contributed by atoms with van der Waals surface area (Å²) in [7, 11) is -2.52. The van der Waals surface area contributed by atoms with Crippen LogP contribution in [0.5, 0.6) is 0 Å². The smallest absolute Gasteiger partial charge is 0.301 e. The first-order valence-electron chi connectivity index (χ1n) is 8.28. The molecule has 1 atom stereocenters. The van der Waals surface area contributed by atoms with Crippen LogP contribution in [0.15, 0.2) is 65.9 Å². The van der Waals surface area contributed by atoms with Crippen molar-refractivity contribution in [2.45, 2.75) is 13.0 Å². The second-order valence-electron chi connectivity index (χ2n) is 6.19. The fourth-order valence-corrected chi connectivity index (χ4v) is 4.05. The number of anilines is 1. The van der Waals surface area contributed by atoms with Crippen molar-refractivity contribution >= 4 is 27.5 Å². The highest BCUT2D eigenvalue weighted by Crippen LogP contribution is 2.33. The lowest BCUT2D eigenvalue weighted by atomic mass is 9.96. The number of amides is 1. The molecule has 3 rings (SSSR count). The third-order valence-corrected chi connectivity index (χ3v) is 6.02. The van der Waals surface area contributed by atoms with Crippen LogP contribution < -0.4 is 10.0 Å². The number of para-hydroxylation sites is 1. The van der Waals surface area contributed by atoms with Gasteiger partial charge in [-0.25, -0.2) is 0 Å². The Morgan fingerprint density at radius 1 is 1.14 bits per heavy atom. The maximum absolute atomic E-state index is 13.0. The number of carbonyl (C=O) groups excluding carboxylic acids is 1. The topological polar surface area (TPSA) is 122 Å². The number of rotatable bonds is 4. The first-order chi connectivity index (χ1) is 13.2. The van der Waals surface area contributed by atoms with Gasteiger partial charge >= 0.3 is 10.2 Å². The summed E-state index contributed by atoms with van der Waals surface area (Å²) in [6.07, 6.45) is 0. The van der Waals surface area contributed by atoms with Crippen molar-refractivity contribution in [2.75, 3.05) is 12.4 Å². The van der Waals surface area contributed by atoms with Crippen LogP contribution in [-0.4, -0.2) is 30.6 Å². The second kappa shape index (κ2) is 7.41. The Bertz CT molecular complexity index is 1050. The number of nitrogens with one attached hydrogen (secondary N) is 2. The quantitative estimate of drug-likeness (QED) is 0.600. The Morgan fingerprint density at radius 3 is 2.32 bits per heavy atom. The molecule has 0 bridgehead atoms. The largest absolute Gasteiger partial charge is 0.322 e. The molecule has 1 aliphatic heterocycles. The number of nitro groups is 1. The Kier molecular flexibility index (Phi) is 5.16. The predicted octanol–water partition coefficient (Wildman–Crippen LogP) is 2.33. The summed E-state index contributed by atoms with van der Waals surface area (Å²) in [5, 5.41) is 13.6. The number of non-ortho nitro benzene ring substituents is 1. The summed E-state index contributed by atoms with van der Waals surface area (Å²) >= 11 is 0. The molecule has 1 unspecified atom stereocenters. The summed E-state index contributed by atoms with van der Waals surface area (Å²) in [6.45, 7) is 1.54. The van der Waals surface area contributed by atoms with Crippen molar-refractivity contribution in [2.24, 2.45) is 0 Å². The van der Waals surface area contributed by atoms with Crippen molar-refractivity contribution < 1.29 is 18.1 Å². The number of hydrogen-bond donors (Lipinski definition) is 2. The van der Waals surface area contributed by atoms with Crippen LogP contribution in [0, 0.1) is 10.1 Å². The molecule has 2 aromatic carbocycles. The molecule has 0 fully saturated rings. The number of nitrogens with zero attached hydrogens (tertiary/aromatic N) is 2. The summed E-state index contributed by atoms with van der Waals surface area (Å²) in [5.41, 5.74) is 1.31. The Balaban J connectivity index is 2.04. The average Bonchev–Trinajstić information content (AvgIpc) is 2.66. The van der Waals surface area contributed by atoms with E-state index in [1.54, 1.807) is 24.3 Å². The number of allylic oxidation sites excluding steroid dienone is 1. The zero-order valence-electron chi connectivity index (χ0n) is 15.1. The highest BCUT2D eigenvalue weighted by atomic mass is 32.2. The molecule has 9 nitrogen and oxygen atoms in total. The molecule has 0 aliphatic carbocycles. The Hall–Kier alpha value is -3.24. The van der Waals surface area contributed by atoms with E-state index in [2.05, 4.69) is 10.0 Å². The number of carbonyl (C=O) groups is 1. The fourth-order valence-electron chi connectivity index (χ4n) is 2.88. The van der Waals surface area contributed by atoms with E-state index in [0.717, 1.165) is 4.31 Å². The number of hydrogen-bond acceptors (Lipinski definition) is 5. The molecule has 1 aliphatic rings. The second-order valence-corrected chi connectivity index (χ2v) is 7.92. The SMILES string of the molecule is CC1=C(C(=O)Nc2ccccc2)C(c2ccc([N+](=O)[O-])cc2)NS(=O)(=O)N1C. The van der Waals surface area contributed by atoms with E-state index in [9.17, 15) is 23.3 Å². The normalized spacial score (nSPS) is 18.6. The average molecular weight is 402 g/mol. The first kappa shape index (κ1) is 19.5. The van der Waals surface area contributed by atoms with E-state index in [-0.39, 0.29) is 17.0 Å². The minimum Gasteiger partial charge on any atom is -0.322 e. The van der Waals surface area contributed by atoms with Gasteiger partial charge in [0.2, 0.25) is 0 Å². The maximum Gasteiger partial charge on any atom is 0.301 e. The molecule has 2 N–H and O–H groups in total. The van der Waals surface area contributed by atoms with Gasteiger partial charge in [0.05, 0.1) is 16.5 Å². The van der Waals surface area contributed by atoms with Crippen LogP contribution in [-0.2, 0) is 15.0 Å². The van der Waals surface area contributed by atoms with Crippen molar-refractivity contribution in [1.29, 1.82) is 0 Å². The van der Waals surface area contributed by atoms with E-state index >= 15 is 0 Å². The molecule has 10 heteroatoms. The van der Waals surface area contributed by atoms with Gasteiger partial charge in [-0.2, -0.15) is 13.1 Å². The molecule has 1 heterocycles. The number of nitro benzene ring substituents is 1. The van der Waals surface area contributed by atoms with E-state index in [1.165, 1.54) is 38.2 Å². The predicted molar refractivity (Wildman–Crippen MR) is 103 cm³/mol. The minimum atomic E-state index is -3.86. The van der Waals surface area contributed by atoms with Crippen molar-refractivity contribution in [1.82, 2.24) is 9.03 Å². The highest BCUT2D eigenvalue weighted by Gasteiger charge is 2.37. The van der Waals surface area contributed by atoms with Gasteiger partial charge in [0.25, 0.3) is 11.6 Å². The van der Waals surface area contributed by atoms with E-state index in [1.807, 2.05) is 6.07 Å². The molecular formula is C18H18N4O5S. The van der Waals surface area contributed by atoms with Crippen LogP contribution in [0.1, 0.15) is 18.5 Å². The van der Waals surface area contributed by atoms with Gasteiger partial charge in [0.1, 0.15) is 0 Å². The standard InChI is InChI=1S/C18H18N4O5S/c1-12-16(18(23)19-14-6-4-3-5-7-14)17(20-28(26,27)21(12)2)13-8-10-15(11-9-13)22(24)25/h3-11,17,20H,1-2H3,(H,19,23). The Labute approximate surface area is 162 Å². The van der Waals surface area contributed by atoms with Gasteiger partial charge in [0.15, 0.2) is 0 Å². The number of benzene rings is 2. The molecule has 0 aromatic heterocycles. The van der Waals surface area contributed by atoms with Gasteiger partial charge in [0, 0.05) is 30.6 Å². The van der Waals surface area contributed by atoms with Crippen LogP contribution in [0.2, 0.25) is 0 Å². The molecule has 0 radical (unpaired) electrons. The molecule has 1 amide bonds. The minimum absolute atomic E-state index is 0.129. The molecule has 0 saturated heterocycles. The van der Waals surface area contributed by atoms with Gasteiger partial charge < -0.3 is 5.32 Å². The zero-order chi connectivity index (χ0) is 20.5. The summed E-state index contributed by atoms with van der Waals surface area (Å²) in [6, 6.07) is 13.2. The van der Waals surface area contributed by atoms with Crippen LogP contribution in [0.25, 0.3) is 0 Å². The third kappa shape index (κ3) is 3.73. The van der Waals surface area contributed by atoms with Crippen LogP contribution in [0.3, 0.4) is 0 Å². The lowest BCUT2D eigenvalue weighted by Gasteiger charge is -2.34. The third-order valence-electron chi connectivity index (χ3n) is 4.49. The van der Waals surface area contributed by atoms with Gasteiger partial charge in [-0.1, -0.05) is 30.3 Å². The summed E-state index contributed by atoms with van der Waals surface area (Å²) in [4.78, 5) is 23.3. The van der Waals surface area contributed by atoms with Crippen molar-refractivity contribution in [3.63, 3.8) is 0 Å². The molecule has 0 spiro atoms. The van der Waals surface area contributed by atoms with Gasteiger partial charge in [-0.3, -0.25) is 19.2 Å². The lowest BCUT2D eigenvalue weighted by Crippen LogP contribution is -2.47. The molecule has 146 valence electrons. The van der Waals surface area contributed by atoms with Crippen molar-refractivity contribution in [3.05, 3.63) is 81.5 Å². The van der Waals surface area contributed by atoms with E-state index in [0.29, 0.717) is 11.3 Å². The van der Waals surface area contributed by atoms with Gasteiger partial charge in [-0.05, 0) is 24.6 Å². The maximum atomic E-state index is 13.0. The summed E-state index contributed by atoms with van der Waals surface area (Å²) < 4.78 is 28.3. The molecule has 2 aromatic rings. The zero-order valence-corrected chi connectivity index (χ0v) is 15.9. The highest BCUT2D eigenvalue weighted by molar-refractivity contribution is 7.87. The van der Waals surface area contributed by atoms with E-state index < -0.39 is 27.1 Å². The van der Waals surface area contributed by atoms with E-state index in [4.69, 9.17) is 0 Å². The monoisotopic (exact) mass is 402 g/mol. The van der Waals surface area contributed by atoms with Crippen LogP contribution >= 0.6 is 0 Å². The van der Waals surface area contributed by atoms with Crippen LogP contribution in [0.4, 0.5) is 11.4 Å². The fraction of sp³-hybridized carbons (Fsp3) is 0.167. The summed E-state index contributed by atoms with van der Waals surface area (Å²) in [5.74, 6) is -0.471. The van der Waals surface area contributed by atoms with Gasteiger partial charge in [-0.15, -0.1) is 0 Å². The lowest BCUT2D eigenvalue weighted by molar-refractivity contribution is -0.384. The first-order valence-corrected chi connectivity index (χ1v) is 9.72. The molecule has 0 saturated carbocycles. The molecular weight excluding hydrogens is 384 g/mol.